The number of carbonyl (C=O) groups is 1. The lowest BCUT2D eigenvalue weighted by Crippen LogP contribution is -2.53. The van der Waals surface area contributed by atoms with Crippen LogP contribution in [0.25, 0.3) is 0 Å². The third-order valence-corrected chi connectivity index (χ3v) is 4.04. The molecule has 2 N–H and O–H groups in total. The van der Waals surface area contributed by atoms with Crippen molar-refractivity contribution in [2.45, 2.75) is 51.2 Å². The number of likely N-dealkylation sites (tertiary alicyclic amines) is 1. The molecule has 2 aliphatic rings. The largest absolute Gasteiger partial charge is 0.373 e. The second kappa shape index (κ2) is 4.94. The number of hydrogen-bond acceptors (Lipinski definition) is 3. The van der Waals surface area contributed by atoms with Crippen LogP contribution < -0.4 is 5.73 Å². The molecule has 0 radical (unpaired) electrons. The van der Waals surface area contributed by atoms with Crippen LogP contribution in [-0.2, 0) is 9.53 Å². The van der Waals surface area contributed by atoms with Crippen LogP contribution in [0.3, 0.4) is 0 Å². The first kappa shape index (κ1) is 12.8. The molecular weight excluding hydrogens is 216 g/mol. The number of ether oxygens (including phenoxy) is 1. The number of hydrogen-bond donors (Lipinski definition) is 1. The molecule has 98 valence electrons. The summed E-state index contributed by atoms with van der Waals surface area (Å²) < 4.78 is 5.84. The Morgan fingerprint density at radius 3 is 2.59 bits per heavy atom. The third kappa shape index (κ3) is 2.63. The zero-order valence-corrected chi connectivity index (χ0v) is 10.9. The highest BCUT2D eigenvalue weighted by molar-refractivity contribution is 5.76. The van der Waals surface area contributed by atoms with Crippen molar-refractivity contribution in [3.05, 3.63) is 0 Å². The fourth-order valence-electron chi connectivity index (χ4n) is 2.89. The van der Waals surface area contributed by atoms with E-state index >= 15 is 0 Å². The van der Waals surface area contributed by atoms with Crippen molar-refractivity contribution in [2.75, 3.05) is 19.7 Å². The van der Waals surface area contributed by atoms with Gasteiger partial charge in [0.1, 0.15) is 0 Å². The number of carbonyl (C=O) groups excluding carboxylic acids is 1. The maximum absolute atomic E-state index is 11.9. The van der Waals surface area contributed by atoms with Crippen molar-refractivity contribution >= 4 is 5.91 Å². The molecule has 4 nitrogen and oxygen atoms in total. The van der Waals surface area contributed by atoms with E-state index in [0.717, 1.165) is 39.0 Å². The zero-order chi connectivity index (χ0) is 12.5. The quantitative estimate of drug-likeness (QED) is 0.787. The smallest absolute Gasteiger partial charge is 0.222 e. The van der Waals surface area contributed by atoms with E-state index in [-0.39, 0.29) is 17.6 Å². The summed E-state index contributed by atoms with van der Waals surface area (Å²) in [6.45, 7) is 6.55. The molecule has 2 fully saturated rings. The minimum atomic E-state index is -0.130. The predicted molar refractivity (Wildman–Crippen MR) is 66.5 cm³/mol. The van der Waals surface area contributed by atoms with Gasteiger partial charge in [-0.2, -0.15) is 0 Å². The van der Waals surface area contributed by atoms with Crippen molar-refractivity contribution < 1.29 is 9.53 Å². The van der Waals surface area contributed by atoms with Crippen molar-refractivity contribution in [2.24, 2.45) is 11.7 Å². The third-order valence-electron chi connectivity index (χ3n) is 4.04. The molecule has 0 bridgehead atoms. The Morgan fingerprint density at radius 1 is 1.47 bits per heavy atom. The summed E-state index contributed by atoms with van der Waals surface area (Å²) in [7, 11) is 0. The van der Waals surface area contributed by atoms with Gasteiger partial charge in [0.05, 0.1) is 5.60 Å². The molecule has 2 heterocycles. The van der Waals surface area contributed by atoms with Gasteiger partial charge in [-0.15, -0.1) is 0 Å². The molecule has 0 saturated carbocycles. The lowest BCUT2D eigenvalue weighted by atomic mass is 9.85. The molecule has 17 heavy (non-hydrogen) atoms. The van der Waals surface area contributed by atoms with E-state index < -0.39 is 0 Å². The monoisotopic (exact) mass is 240 g/mol. The van der Waals surface area contributed by atoms with Crippen molar-refractivity contribution in [3.8, 4) is 0 Å². The zero-order valence-electron chi connectivity index (χ0n) is 10.9. The Bertz CT molecular complexity index is 283. The topological polar surface area (TPSA) is 55.6 Å². The minimum Gasteiger partial charge on any atom is -0.373 e. The van der Waals surface area contributed by atoms with E-state index in [1.54, 1.807) is 0 Å². The van der Waals surface area contributed by atoms with E-state index in [1.807, 2.05) is 4.90 Å². The van der Waals surface area contributed by atoms with Gasteiger partial charge in [0.2, 0.25) is 5.91 Å². The van der Waals surface area contributed by atoms with Crippen LogP contribution in [0.2, 0.25) is 0 Å². The summed E-state index contributed by atoms with van der Waals surface area (Å²) in [5.41, 5.74) is 5.99. The standard InChI is InChI=1S/C13H24N2O2/c1-10(2)9-12(16)15-6-4-13(5-7-15)11(14)3-8-17-13/h10-11H,3-9,14H2,1-2H3. The molecular formula is C13H24N2O2. The maximum Gasteiger partial charge on any atom is 0.222 e. The Kier molecular flexibility index (Phi) is 3.73. The van der Waals surface area contributed by atoms with Crippen LogP contribution in [0.1, 0.15) is 39.5 Å². The van der Waals surface area contributed by atoms with Gasteiger partial charge < -0.3 is 15.4 Å². The molecule has 2 saturated heterocycles. The maximum atomic E-state index is 11.9. The average Bonchev–Trinajstić information content (AvgIpc) is 2.60. The van der Waals surface area contributed by atoms with E-state index in [1.165, 1.54) is 0 Å². The molecule has 1 amide bonds. The average molecular weight is 240 g/mol. The first-order valence-electron chi connectivity index (χ1n) is 6.71. The molecule has 1 atom stereocenters. The molecule has 2 rings (SSSR count). The fraction of sp³-hybridized carbons (Fsp3) is 0.923. The predicted octanol–water partition coefficient (Wildman–Crippen LogP) is 1.14. The van der Waals surface area contributed by atoms with Gasteiger partial charge >= 0.3 is 0 Å². The van der Waals surface area contributed by atoms with Crippen LogP contribution in [0.5, 0.6) is 0 Å². The molecule has 1 spiro atoms. The van der Waals surface area contributed by atoms with E-state index in [2.05, 4.69) is 13.8 Å². The van der Waals surface area contributed by atoms with Gasteiger partial charge in [-0.25, -0.2) is 0 Å². The highest BCUT2D eigenvalue weighted by Crippen LogP contribution is 2.35. The number of piperidine rings is 1. The fourth-order valence-corrected chi connectivity index (χ4v) is 2.89. The molecule has 0 aliphatic carbocycles. The van der Waals surface area contributed by atoms with Crippen LogP contribution in [0, 0.1) is 5.92 Å². The summed E-state index contributed by atoms with van der Waals surface area (Å²) in [5, 5.41) is 0. The number of nitrogens with zero attached hydrogens (tertiary/aromatic N) is 1. The second-order valence-corrected chi connectivity index (χ2v) is 5.79. The highest BCUT2D eigenvalue weighted by Gasteiger charge is 2.44. The van der Waals surface area contributed by atoms with Gasteiger partial charge in [-0.1, -0.05) is 13.8 Å². The van der Waals surface area contributed by atoms with Crippen LogP contribution in [0.15, 0.2) is 0 Å². The van der Waals surface area contributed by atoms with Gasteiger partial charge in [0.25, 0.3) is 0 Å². The van der Waals surface area contributed by atoms with Gasteiger partial charge in [-0.05, 0) is 25.2 Å². The molecule has 2 aliphatic heterocycles. The van der Waals surface area contributed by atoms with Crippen LogP contribution in [0.4, 0.5) is 0 Å². The molecule has 0 aromatic rings. The number of nitrogens with two attached hydrogens (primary N) is 1. The summed E-state index contributed by atoms with van der Waals surface area (Å²) in [6, 6.07) is 0.157. The summed E-state index contributed by atoms with van der Waals surface area (Å²) >= 11 is 0. The molecule has 0 aromatic heterocycles. The molecule has 4 heteroatoms. The number of amides is 1. The lowest BCUT2D eigenvalue weighted by molar-refractivity contribution is -0.137. The van der Waals surface area contributed by atoms with Crippen molar-refractivity contribution in [1.29, 1.82) is 0 Å². The van der Waals surface area contributed by atoms with Crippen LogP contribution >= 0.6 is 0 Å². The first-order chi connectivity index (χ1) is 8.03. The summed E-state index contributed by atoms with van der Waals surface area (Å²) in [5.74, 6) is 0.713. The Hall–Kier alpha value is -0.610. The Labute approximate surface area is 103 Å². The van der Waals surface area contributed by atoms with Gasteiger partial charge in [0.15, 0.2) is 0 Å². The minimum absolute atomic E-state index is 0.130. The Morgan fingerprint density at radius 2 is 2.12 bits per heavy atom. The second-order valence-electron chi connectivity index (χ2n) is 5.79. The van der Waals surface area contributed by atoms with Crippen LogP contribution in [-0.4, -0.2) is 42.1 Å². The van der Waals surface area contributed by atoms with E-state index in [4.69, 9.17) is 10.5 Å². The normalized spacial score (nSPS) is 28.0. The molecule has 0 aromatic carbocycles. The van der Waals surface area contributed by atoms with E-state index in [9.17, 15) is 4.79 Å². The summed E-state index contributed by atoms with van der Waals surface area (Å²) in [4.78, 5) is 13.9. The van der Waals surface area contributed by atoms with Gasteiger partial charge in [-0.3, -0.25) is 4.79 Å². The SMILES string of the molecule is CC(C)CC(=O)N1CCC2(CC1)OCCC2N. The van der Waals surface area contributed by atoms with E-state index in [0.29, 0.717) is 12.3 Å². The number of rotatable bonds is 2. The highest BCUT2D eigenvalue weighted by atomic mass is 16.5. The first-order valence-corrected chi connectivity index (χ1v) is 6.71. The van der Waals surface area contributed by atoms with Crippen molar-refractivity contribution in [1.82, 2.24) is 4.90 Å². The van der Waals surface area contributed by atoms with Crippen molar-refractivity contribution in [3.63, 3.8) is 0 Å². The Balaban J connectivity index is 1.87. The lowest BCUT2D eigenvalue weighted by Gasteiger charge is -2.41. The molecule has 1 unspecified atom stereocenters. The summed E-state index contributed by atoms with van der Waals surface area (Å²) in [6.07, 6.45) is 3.41. The van der Waals surface area contributed by atoms with Gasteiger partial charge in [0, 0.05) is 32.2 Å².